The van der Waals surface area contributed by atoms with Crippen LogP contribution in [0.5, 0.6) is 0 Å². The molecule has 1 fully saturated rings. The van der Waals surface area contributed by atoms with Crippen LogP contribution in [0.3, 0.4) is 0 Å². The summed E-state index contributed by atoms with van der Waals surface area (Å²) >= 11 is 0. The minimum absolute atomic E-state index is 0.917. The zero-order valence-electron chi connectivity index (χ0n) is 12.1. The number of nitrogens with one attached hydrogen (secondary N) is 1. The molecule has 17 heavy (non-hydrogen) atoms. The zero-order chi connectivity index (χ0) is 12.3. The Morgan fingerprint density at radius 2 is 1.76 bits per heavy atom. The van der Waals surface area contributed by atoms with E-state index in [0.29, 0.717) is 0 Å². The van der Waals surface area contributed by atoms with Gasteiger partial charge in [-0.2, -0.15) is 0 Å². The van der Waals surface area contributed by atoms with Crippen LogP contribution in [0, 0.1) is 11.8 Å². The first-order valence-electron chi connectivity index (χ1n) is 8.07. The van der Waals surface area contributed by atoms with E-state index in [1.807, 2.05) is 0 Å². The van der Waals surface area contributed by atoms with E-state index in [9.17, 15) is 0 Å². The van der Waals surface area contributed by atoms with Crippen molar-refractivity contribution in [2.24, 2.45) is 11.8 Å². The second-order valence-corrected chi connectivity index (χ2v) is 5.93. The van der Waals surface area contributed by atoms with Gasteiger partial charge in [-0.3, -0.25) is 0 Å². The van der Waals surface area contributed by atoms with Gasteiger partial charge in [-0.1, -0.05) is 58.8 Å². The largest absolute Gasteiger partial charge is 0.316 e. The molecule has 1 nitrogen and oxygen atoms in total. The van der Waals surface area contributed by atoms with Crippen molar-refractivity contribution in [3.63, 3.8) is 0 Å². The molecule has 0 aliphatic heterocycles. The fourth-order valence-electron chi connectivity index (χ4n) is 3.00. The lowest BCUT2D eigenvalue weighted by Gasteiger charge is -2.19. The van der Waals surface area contributed by atoms with E-state index < -0.39 is 0 Å². The predicted molar refractivity (Wildman–Crippen MR) is 77.4 cm³/mol. The van der Waals surface area contributed by atoms with Crippen LogP contribution >= 0.6 is 0 Å². The van der Waals surface area contributed by atoms with Crippen LogP contribution in [0.25, 0.3) is 0 Å². The Morgan fingerprint density at radius 3 is 2.35 bits per heavy atom. The first-order chi connectivity index (χ1) is 8.36. The van der Waals surface area contributed by atoms with Gasteiger partial charge in [-0.15, -0.1) is 0 Å². The van der Waals surface area contributed by atoms with E-state index in [1.165, 1.54) is 77.3 Å². The maximum absolute atomic E-state index is 3.74. The minimum atomic E-state index is 0.917. The maximum Gasteiger partial charge on any atom is -0.00204 e. The highest BCUT2D eigenvalue weighted by molar-refractivity contribution is 4.68. The summed E-state index contributed by atoms with van der Waals surface area (Å²) in [6, 6.07) is 0. The van der Waals surface area contributed by atoms with Crippen LogP contribution in [0.15, 0.2) is 0 Å². The van der Waals surface area contributed by atoms with Crippen LogP contribution in [-0.4, -0.2) is 13.1 Å². The highest BCUT2D eigenvalue weighted by Gasteiger charge is 2.12. The quantitative estimate of drug-likeness (QED) is 0.602. The maximum atomic E-state index is 3.74. The fourth-order valence-corrected chi connectivity index (χ4v) is 3.00. The molecule has 0 aromatic rings. The third-order valence-electron chi connectivity index (χ3n) is 4.38. The molecule has 0 saturated heterocycles. The summed E-state index contributed by atoms with van der Waals surface area (Å²) in [6.07, 6.45) is 14.4. The Hall–Kier alpha value is -0.0400. The second-order valence-electron chi connectivity index (χ2n) is 5.93. The summed E-state index contributed by atoms with van der Waals surface area (Å²) < 4.78 is 0. The Bertz CT molecular complexity index is 159. The van der Waals surface area contributed by atoms with Crippen LogP contribution in [0.2, 0.25) is 0 Å². The summed E-state index contributed by atoms with van der Waals surface area (Å²) in [6.45, 7) is 7.18. The van der Waals surface area contributed by atoms with E-state index >= 15 is 0 Å². The Balaban J connectivity index is 2.07. The van der Waals surface area contributed by atoms with Gasteiger partial charge in [0, 0.05) is 0 Å². The highest BCUT2D eigenvalue weighted by atomic mass is 14.9. The van der Waals surface area contributed by atoms with E-state index in [1.54, 1.807) is 0 Å². The highest BCUT2D eigenvalue weighted by Crippen LogP contribution is 2.22. The fraction of sp³-hybridized carbons (Fsp3) is 1.00. The normalized spacial score (nSPS) is 20.1. The monoisotopic (exact) mass is 239 g/mol. The second kappa shape index (κ2) is 9.94. The average Bonchev–Trinajstić information content (AvgIpc) is 2.62. The molecule has 1 heteroatoms. The van der Waals surface area contributed by atoms with Crippen molar-refractivity contribution in [1.82, 2.24) is 5.32 Å². The van der Waals surface area contributed by atoms with E-state index in [4.69, 9.17) is 0 Å². The van der Waals surface area contributed by atoms with Gasteiger partial charge >= 0.3 is 0 Å². The van der Waals surface area contributed by atoms with Gasteiger partial charge in [0.1, 0.15) is 0 Å². The van der Waals surface area contributed by atoms with Crippen molar-refractivity contribution in [3.8, 4) is 0 Å². The summed E-state index contributed by atoms with van der Waals surface area (Å²) in [5, 5.41) is 3.74. The minimum Gasteiger partial charge on any atom is -0.316 e. The molecule has 1 unspecified atom stereocenters. The molecule has 0 heterocycles. The number of hydrogen-bond acceptors (Lipinski definition) is 1. The summed E-state index contributed by atoms with van der Waals surface area (Å²) in [7, 11) is 0. The molecule has 0 aromatic carbocycles. The van der Waals surface area contributed by atoms with Crippen LogP contribution < -0.4 is 5.32 Å². The van der Waals surface area contributed by atoms with Crippen molar-refractivity contribution in [2.75, 3.05) is 13.1 Å². The SMILES string of the molecule is CCCCC(CC)CNCC1CCCCCC1. The third kappa shape index (κ3) is 7.08. The standard InChI is InChI=1S/C16H33N/c1-3-5-10-15(4-2)13-17-14-16-11-8-6-7-9-12-16/h15-17H,3-14H2,1-2H3. The molecule has 1 rings (SSSR count). The number of rotatable bonds is 8. The summed E-state index contributed by atoms with van der Waals surface area (Å²) in [5.41, 5.74) is 0. The lowest BCUT2D eigenvalue weighted by molar-refractivity contribution is 0.373. The van der Waals surface area contributed by atoms with Gasteiger partial charge in [-0.05, 0) is 44.2 Å². The van der Waals surface area contributed by atoms with Crippen molar-refractivity contribution in [1.29, 1.82) is 0 Å². The molecular weight excluding hydrogens is 206 g/mol. The van der Waals surface area contributed by atoms with Gasteiger partial charge in [0.05, 0.1) is 0 Å². The molecule has 1 N–H and O–H groups in total. The lowest BCUT2D eigenvalue weighted by atomic mass is 9.97. The Kier molecular flexibility index (Phi) is 8.78. The predicted octanol–water partition coefficient (Wildman–Crippen LogP) is 4.76. The molecule has 1 aliphatic carbocycles. The summed E-state index contributed by atoms with van der Waals surface area (Å²) in [5.74, 6) is 1.89. The van der Waals surface area contributed by atoms with Gasteiger partial charge in [0.25, 0.3) is 0 Å². The molecule has 0 aromatic heterocycles. The smallest absolute Gasteiger partial charge is 0.00204 e. The molecule has 102 valence electrons. The Labute approximate surface area is 109 Å². The number of hydrogen-bond donors (Lipinski definition) is 1. The van der Waals surface area contributed by atoms with Crippen molar-refractivity contribution >= 4 is 0 Å². The van der Waals surface area contributed by atoms with E-state index in [0.717, 1.165) is 11.8 Å². The molecule has 0 spiro atoms. The molecule has 1 aliphatic rings. The molecule has 1 saturated carbocycles. The topological polar surface area (TPSA) is 12.0 Å². The van der Waals surface area contributed by atoms with Crippen LogP contribution in [0.4, 0.5) is 0 Å². The van der Waals surface area contributed by atoms with Crippen molar-refractivity contribution in [3.05, 3.63) is 0 Å². The molecular formula is C16H33N. The average molecular weight is 239 g/mol. The van der Waals surface area contributed by atoms with Gasteiger partial charge in [0.15, 0.2) is 0 Å². The van der Waals surface area contributed by atoms with Crippen molar-refractivity contribution < 1.29 is 0 Å². The first-order valence-corrected chi connectivity index (χ1v) is 8.07. The number of unbranched alkanes of at least 4 members (excludes halogenated alkanes) is 1. The van der Waals surface area contributed by atoms with Crippen molar-refractivity contribution in [2.45, 2.75) is 78.1 Å². The van der Waals surface area contributed by atoms with E-state index in [-0.39, 0.29) is 0 Å². The van der Waals surface area contributed by atoms with E-state index in [2.05, 4.69) is 19.2 Å². The summed E-state index contributed by atoms with van der Waals surface area (Å²) in [4.78, 5) is 0. The van der Waals surface area contributed by atoms with Gasteiger partial charge in [-0.25, -0.2) is 0 Å². The third-order valence-corrected chi connectivity index (χ3v) is 4.38. The molecule has 0 radical (unpaired) electrons. The first kappa shape index (κ1) is 15.0. The van der Waals surface area contributed by atoms with Gasteiger partial charge in [0.2, 0.25) is 0 Å². The lowest BCUT2D eigenvalue weighted by Crippen LogP contribution is -2.28. The molecule has 1 atom stereocenters. The van der Waals surface area contributed by atoms with Crippen LogP contribution in [0.1, 0.15) is 78.1 Å². The molecule has 0 bridgehead atoms. The Morgan fingerprint density at radius 1 is 1.06 bits per heavy atom. The van der Waals surface area contributed by atoms with Gasteiger partial charge < -0.3 is 5.32 Å². The van der Waals surface area contributed by atoms with Crippen LogP contribution in [-0.2, 0) is 0 Å². The zero-order valence-corrected chi connectivity index (χ0v) is 12.1. The molecule has 0 amide bonds.